The van der Waals surface area contributed by atoms with Crippen LogP contribution in [0.1, 0.15) is 17.8 Å². The molecule has 3 aliphatic rings. The molecule has 0 saturated carbocycles. The van der Waals surface area contributed by atoms with Crippen molar-refractivity contribution in [3.05, 3.63) is 58.9 Å². The largest absolute Gasteiger partial charge is 0.347 e. The summed E-state index contributed by atoms with van der Waals surface area (Å²) < 4.78 is 4.44. The van der Waals surface area contributed by atoms with Gasteiger partial charge < -0.3 is 5.32 Å². The number of rotatable bonds is 3. The maximum atomic E-state index is 9.17. The first-order valence-electron chi connectivity index (χ1n) is 8.29. The summed E-state index contributed by atoms with van der Waals surface area (Å²) in [5.41, 5.74) is 3.37. The minimum absolute atomic E-state index is 0.0510. The average Bonchev–Trinajstić information content (AvgIpc) is 3.34. The summed E-state index contributed by atoms with van der Waals surface area (Å²) in [5, 5.41) is 13.4. The second-order valence-electron chi connectivity index (χ2n) is 6.10. The van der Waals surface area contributed by atoms with Gasteiger partial charge in [0.1, 0.15) is 5.01 Å². The van der Waals surface area contributed by atoms with Gasteiger partial charge >= 0.3 is 0 Å². The molecule has 3 heterocycles. The van der Waals surface area contributed by atoms with Gasteiger partial charge in [0.05, 0.1) is 23.4 Å². The Labute approximate surface area is 155 Å². The molecule has 0 aromatic carbocycles. The van der Waals surface area contributed by atoms with E-state index in [2.05, 4.69) is 49.5 Å². The van der Waals surface area contributed by atoms with Gasteiger partial charge in [0.25, 0.3) is 0 Å². The molecular weight excluding hydrogens is 344 g/mol. The summed E-state index contributed by atoms with van der Waals surface area (Å²) >= 11 is 1.39. The Kier molecular flexibility index (Phi) is 4.42. The molecule has 1 aromatic heterocycles. The normalized spacial score (nSPS) is 28.6. The number of aliphatic imine (C=N–C) groups is 2. The Balaban J connectivity index is 1.48. The second kappa shape index (κ2) is 7.02. The molecule has 7 heteroatoms. The lowest BCUT2D eigenvalue weighted by molar-refractivity contribution is 0.872. The number of aromatic nitrogens is 2. The van der Waals surface area contributed by atoms with Crippen LogP contribution in [0.4, 0.5) is 5.95 Å². The first-order valence-corrected chi connectivity index (χ1v) is 9.06. The molecule has 0 amide bonds. The van der Waals surface area contributed by atoms with Crippen LogP contribution in [0.25, 0.3) is 5.57 Å². The minimum atomic E-state index is -0.0510. The lowest BCUT2D eigenvalue weighted by Crippen LogP contribution is -2.18. The molecule has 2 atom stereocenters. The quantitative estimate of drug-likeness (QED) is 0.891. The molecule has 2 unspecified atom stereocenters. The van der Waals surface area contributed by atoms with Gasteiger partial charge in [-0.05, 0) is 41.8 Å². The molecule has 4 rings (SSSR count). The molecule has 0 radical (unpaired) electrons. The molecular formula is C19H16N6S. The SMILES string of the molecule is C=C1/C=C(C#N)\C=C/C(Nc2nsc(C3=CC=C4N=CCC43)n2)C/C=N\1. The van der Waals surface area contributed by atoms with Gasteiger partial charge in [-0.2, -0.15) is 9.64 Å². The van der Waals surface area contributed by atoms with Gasteiger partial charge in [0.15, 0.2) is 0 Å². The summed E-state index contributed by atoms with van der Waals surface area (Å²) in [5.74, 6) is 0.906. The summed E-state index contributed by atoms with van der Waals surface area (Å²) in [6.07, 6.45) is 14.8. The monoisotopic (exact) mass is 360 g/mol. The molecule has 26 heavy (non-hydrogen) atoms. The molecule has 1 aromatic rings. The fourth-order valence-corrected chi connectivity index (χ4v) is 3.73. The number of nitriles is 1. The summed E-state index contributed by atoms with van der Waals surface area (Å²) in [4.78, 5) is 13.3. The van der Waals surface area contributed by atoms with E-state index in [0.717, 1.165) is 17.1 Å². The van der Waals surface area contributed by atoms with Crippen molar-refractivity contribution in [1.82, 2.24) is 9.36 Å². The van der Waals surface area contributed by atoms with Crippen LogP contribution in [-0.4, -0.2) is 27.8 Å². The van der Waals surface area contributed by atoms with Crippen LogP contribution in [0, 0.1) is 17.2 Å². The smallest absolute Gasteiger partial charge is 0.235 e. The van der Waals surface area contributed by atoms with Crippen molar-refractivity contribution in [2.75, 3.05) is 5.32 Å². The van der Waals surface area contributed by atoms with Gasteiger partial charge in [-0.25, -0.2) is 4.98 Å². The van der Waals surface area contributed by atoms with Crippen LogP contribution < -0.4 is 5.32 Å². The highest BCUT2D eigenvalue weighted by atomic mass is 32.1. The van der Waals surface area contributed by atoms with E-state index in [-0.39, 0.29) is 6.04 Å². The minimum Gasteiger partial charge on any atom is -0.347 e. The number of anilines is 1. The van der Waals surface area contributed by atoms with Crippen molar-refractivity contribution in [3.8, 4) is 6.07 Å². The van der Waals surface area contributed by atoms with E-state index >= 15 is 0 Å². The fraction of sp³-hybridized carbons (Fsp3) is 0.211. The third kappa shape index (κ3) is 3.32. The summed E-state index contributed by atoms with van der Waals surface area (Å²) in [6, 6.07) is 2.08. The Hall–Kier alpha value is -3.11. The third-order valence-electron chi connectivity index (χ3n) is 4.31. The fourth-order valence-electron chi connectivity index (χ4n) is 3.02. The topological polar surface area (TPSA) is 86.3 Å². The van der Waals surface area contributed by atoms with Crippen molar-refractivity contribution in [3.63, 3.8) is 0 Å². The Morgan fingerprint density at radius 2 is 2.12 bits per heavy atom. The highest BCUT2D eigenvalue weighted by molar-refractivity contribution is 7.06. The zero-order valence-corrected chi connectivity index (χ0v) is 14.8. The van der Waals surface area contributed by atoms with Gasteiger partial charge in [-0.3, -0.25) is 9.98 Å². The van der Waals surface area contributed by atoms with Gasteiger partial charge in [0.2, 0.25) is 5.95 Å². The highest BCUT2D eigenvalue weighted by Crippen LogP contribution is 2.40. The third-order valence-corrected chi connectivity index (χ3v) is 5.07. The number of allylic oxidation sites excluding steroid dienone is 6. The highest BCUT2D eigenvalue weighted by Gasteiger charge is 2.28. The van der Waals surface area contributed by atoms with Crippen molar-refractivity contribution in [2.45, 2.75) is 18.9 Å². The lowest BCUT2D eigenvalue weighted by Gasteiger charge is -2.11. The van der Waals surface area contributed by atoms with Crippen molar-refractivity contribution >= 4 is 35.5 Å². The molecule has 0 fully saturated rings. The van der Waals surface area contributed by atoms with Gasteiger partial charge in [-0.1, -0.05) is 18.7 Å². The Morgan fingerprint density at radius 3 is 3.00 bits per heavy atom. The predicted octanol–water partition coefficient (Wildman–Crippen LogP) is 3.68. The molecule has 6 nitrogen and oxygen atoms in total. The number of nitrogens with zero attached hydrogens (tertiary/aromatic N) is 5. The molecule has 0 spiro atoms. The molecule has 1 N–H and O–H groups in total. The molecule has 2 aliphatic heterocycles. The maximum absolute atomic E-state index is 9.17. The van der Waals surface area contributed by atoms with Crippen molar-refractivity contribution in [2.24, 2.45) is 15.9 Å². The second-order valence-corrected chi connectivity index (χ2v) is 6.85. The van der Waals surface area contributed by atoms with Crippen molar-refractivity contribution in [1.29, 1.82) is 5.26 Å². The van der Waals surface area contributed by atoms with Crippen LogP contribution in [0.5, 0.6) is 0 Å². The van der Waals surface area contributed by atoms with Crippen molar-refractivity contribution < 1.29 is 0 Å². The maximum Gasteiger partial charge on any atom is 0.235 e. The number of fused-ring (bicyclic) bond motifs is 1. The Bertz CT molecular complexity index is 966. The van der Waals surface area contributed by atoms with E-state index in [1.807, 2.05) is 12.3 Å². The van der Waals surface area contributed by atoms with E-state index in [4.69, 9.17) is 5.26 Å². The first-order chi connectivity index (χ1) is 12.7. The summed E-state index contributed by atoms with van der Waals surface area (Å²) in [6.45, 7) is 3.81. The first kappa shape index (κ1) is 16.4. The molecule has 1 aliphatic carbocycles. The van der Waals surface area contributed by atoms with Gasteiger partial charge in [0, 0.05) is 30.5 Å². The number of hydrogen-bond donors (Lipinski definition) is 1. The van der Waals surface area contributed by atoms with Gasteiger partial charge in [-0.15, -0.1) is 0 Å². The molecule has 0 bridgehead atoms. The lowest BCUT2D eigenvalue weighted by atomic mass is 10.00. The Morgan fingerprint density at radius 1 is 1.23 bits per heavy atom. The van der Waals surface area contributed by atoms with Crippen LogP contribution >= 0.6 is 11.5 Å². The van der Waals surface area contributed by atoms with Crippen LogP contribution in [0.3, 0.4) is 0 Å². The van der Waals surface area contributed by atoms with Crippen LogP contribution in [0.15, 0.2) is 63.9 Å². The summed E-state index contributed by atoms with van der Waals surface area (Å²) in [7, 11) is 0. The number of nitrogens with one attached hydrogen (secondary N) is 1. The molecule has 128 valence electrons. The van der Waals surface area contributed by atoms with Crippen LogP contribution in [0.2, 0.25) is 0 Å². The van der Waals surface area contributed by atoms with E-state index in [1.54, 1.807) is 18.4 Å². The molecule has 0 saturated heterocycles. The average molecular weight is 360 g/mol. The van der Waals surface area contributed by atoms with E-state index in [1.165, 1.54) is 17.1 Å². The standard InChI is InChI=1S/C19H16N6S/c1-12-10-13(11-20)2-3-14(6-8-21-12)23-19-24-18(26-25-19)16-4-5-17-15(16)7-9-22-17/h2-5,8-10,14-15H,1,6-7H2,(H,23,25)/b3-2-,13-10+,21-8-. The van der Waals surface area contributed by atoms with E-state index in [0.29, 0.717) is 29.6 Å². The number of hydrogen-bond acceptors (Lipinski definition) is 7. The zero-order chi connectivity index (χ0) is 17.9. The zero-order valence-electron chi connectivity index (χ0n) is 14.0. The van der Waals surface area contributed by atoms with E-state index < -0.39 is 0 Å². The van der Waals surface area contributed by atoms with Crippen LogP contribution in [-0.2, 0) is 0 Å². The van der Waals surface area contributed by atoms with E-state index in [9.17, 15) is 0 Å². The predicted molar refractivity (Wildman–Crippen MR) is 105 cm³/mol.